The summed E-state index contributed by atoms with van der Waals surface area (Å²) < 4.78 is 14.5. The van der Waals surface area contributed by atoms with E-state index in [4.69, 9.17) is 11.6 Å². The molecule has 0 aliphatic heterocycles. The first-order chi connectivity index (χ1) is 9.87. The van der Waals surface area contributed by atoms with Crippen LogP contribution in [0.2, 0.25) is 5.02 Å². The zero-order valence-corrected chi connectivity index (χ0v) is 12.3. The van der Waals surface area contributed by atoms with Crippen LogP contribution in [-0.4, -0.2) is 31.3 Å². The van der Waals surface area contributed by atoms with Crippen molar-refractivity contribution in [3.63, 3.8) is 0 Å². The summed E-state index contributed by atoms with van der Waals surface area (Å²) in [6, 6.07) is 3.87. The van der Waals surface area contributed by atoms with E-state index in [9.17, 15) is 14.3 Å². The van der Waals surface area contributed by atoms with Gasteiger partial charge in [-0.2, -0.15) is 0 Å². The third kappa shape index (κ3) is 3.02. The van der Waals surface area contributed by atoms with Gasteiger partial charge in [-0.25, -0.2) is 9.07 Å². The molecular weight excluding hydrogens is 299 g/mol. The summed E-state index contributed by atoms with van der Waals surface area (Å²) in [4.78, 5) is 11.4. The van der Waals surface area contributed by atoms with Crippen molar-refractivity contribution in [1.82, 2.24) is 20.2 Å². The monoisotopic (exact) mass is 312 g/mol. The maximum atomic E-state index is 13.1. The Bertz CT molecular complexity index is 676. The Morgan fingerprint density at radius 1 is 1.52 bits per heavy atom. The van der Waals surface area contributed by atoms with Crippen molar-refractivity contribution in [2.24, 2.45) is 5.41 Å². The largest absolute Gasteiger partial charge is 0.481 e. The van der Waals surface area contributed by atoms with E-state index in [1.165, 1.54) is 16.8 Å². The normalized spacial score (nSPS) is 13.9. The number of nitrogens with zero attached hydrogens (tertiary/aromatic N) is 4. The van der Waals surface area contributed by atoms with E-state index in [-0.39, 0.29) is 11.6 Å². The van der Waals surface area contributed by atoms with E-state index in [1.54, 1.807) is 13.8 Å². The summed E-state index contributed by atoms with van der Waals surface area (Å²) in [5, 5.41) is 20.7. The lowest BCUT2D eigenvalue weighted by molar-refractivity contribution is -0.149. The van der Waals surface area contributed by atoms with Crippen molar-refractivity contribution < 1.29 is 14.3 Å². The molecule has 0 spiro atoms. The number of carboxylic acid groups (broad SMARTS) is 1. The van der Waals surface area contributed by atoms with Gasteiger partial charge < -0.3 is 5.11 Å². The molecule has 1 atom stereocenters. The minimum atomic E-state index is -1.00. The van der Waals surface area contributed by atoms with Gasteiger partial charge in [0.25, 0.3) is 0 Å². The summed E-state index contributed by atoms with van der Waals surface area (Å²) in [6.45, 7) is 3.49. The second-order valence-electron chi connectivity index (χ2n) is 5.00. The molecule has 1 heterocycles. The van der Waals surface area contributed by atoms with Crippen LogP contribution in [0.25, 0.3) is 11.4 Å². The van der Waals surface area contributed by atoms with Crippen molar-refractivity contribution in [2.45, 2.75) is 26.8 Å². The van der Waals surface area contributed by atoms with Crippen LogP contribution in [0.3, 0.4) is 0 Å². The molecule has 1 unspecified atom stereocenters. The fourth-order valence-corrected chi connectivity index (χ4v) is 2.09. The Morgan fingerprint density at radius 2 is 2.24 bits per heavy atom. The second-order valence-corrected chi connectivity index (χ2v) is 5.41. The lowest BCUT2D eigenvalue weighted by Gasteiger charge is -2.22. The number of aromatic nitrogens is 4. The topological polar surface area (TPSA) is 80.9 Å². The molecule has 0 saturated carbocycles. The lowest BCUT2D eigenvalue weighted by atomic mass is 9.88. The number of carbonyl (C=O) groups is 1. The minimum absolute atomic E-state index is 0.0921. The summed E-state index contributed by atoms with van der Waals surface area (Å²) in [5.41, 5.74) is -0.552. The number of hydrogen-bond acceptors (Lipinski definition) is 4. The van der Waals surface area contributed by atoms with Crippen LogP contribution in [0.1, 0.15) is 20.3 Å². The molecule has 1 aromatic heterocycles. The fraction of sp³-hybridized carbons (Fsp3) is 0.385. The van der Waals surface area contributed by atoms with E-state index in [1.807, 2.05) is 0 Å². The van der Waals surface area contributed by atoms with Crippen LogP contribution in [0.4, 0.5) is 4.39 Å². The summed E-state index contributed by atoms with van der Waals surface area (Å²) in [5.74, 6) is -1.09. The summed E-state index contributed by atoms with van der Waals surface area (Å²) in [6.07, 6.45) is 0.415. The Kier molecular flexibility index (Phi) is 4.22. The van der Waals surface area contributed by atoms with Gasteiger partial charge in [-0.3, -0.25) is 4.79 Å². The van der Waals surface area contributed by atoms with Crippen LogP contribution in [-0.2, 0) is 11.3 Å². The Hall–Kier alpha value is -2.02. The van der Waals surface area contributed by atoms with Crippen LogP contribution in [0.15, 0.2) is 18.2 Å². The van der Waals surface area contributed by atoms with E-state index in [0.29, 0.717) is 17.8 Å². The first kappa shape index (κ1) is 15.4. The second kappa shape index (κ2) is 5.77. The van der Waals surface area contributed by atoms with Gasteiger partial charge >= 0.3 is 5.97 Å². The number of aliphatic carboxylic acids is 1. The van der Waals surface area contributed by atoms with Crippen LogP contribution in [0.5, 0.6) is 0 Å². The van der Waals surface area contributed by atoms with Gasteiger partial charge in [0.05, 0.1) is 17.0 Å². The summed E-state index contributed by atoms with van der Waals surface area (Å²) in [7, 11) is 0. The average Bonchev–Trinajstić information content (AvgIpc) is 2.86. The maximum Gasteiger partial charge on any atom is 0.311 e. The first-order valence-electron chi connectivity index (χ1n) is 6.32. The molecule has 0 bridgehead atoms. The molecule has 2 aromatic rings. The van der Waals surface area contributed by atoms with Gasteiger partial charge in [0.1, 0.15) is 5.82 Å². The molecule has 112 valence electrons. The standard InChI is InChI=1S/C13H14ClFN4O2/c1-3-13(2,12(20)21)7-19-11(16-17-18-19)9-5-4-8(15)6-10(9)14/h4-6H,3,7H2,1-2H3,(H,20,21). The molecule has 1 aromatic carbocycles. The van der Waals surface area contributed by atoms with Crippen molar-refractivity contribution in [2.75, 3.05) is 0 Å². The van der Waals surface area contributed by atoms with Crippen LogP contribution < -0.4 is 0 Å². The average molecular weight is 313 g/mol. The number of carboxylic acids is 1. The van der Waals surface area contributed by atoms with Crippen LogP contribution >= 0.6 is 11.6 Å². The molecule has 0 fully saturated rings. The molecule has 0 aliphatic rings. The van der Waals surface area contributed by atoms with E-state index in [2.05, 4.69) is 15.5 Å². The third-order valence-corrected chi connectivity index (χ3v) is 3.81. The summed E-state index contributed by atoms with van der Waals surface area (Å²) >= 11 is 6.00. The number of halogens is 2. The van der Waals surface area contributed by atoms with Crippen molar-refractivity contribution >= 4 is 17.6 Å². The zero-order valence-electron chi connectivity index (χ0n) is 11.5. The molecule has 2 rings (SSSR count). The van der Waals surface area contributed by atoms with Gasteiger partial charge in [0.2, 0.25) is 0 Å². The molecule has 0 saturated heterocycles. The Balaban J connectivity index is 2.41. The Labute approximate surface area is 125 Å². The van der Waals surface area contributed by atoms with Crippen molar-refractivity contribution in [3.05, 3.63) is 29.0 Å². The predicted octanol–water partition coefficient (Wildman–Crippen LogP) is 2.63. The maximum absolute atomic E-state index is 13.1. The first-order valence-corrected chi connectivity index (χ1v) is 6.70. The molecule has 0 radical (unpaired) electrons. The van der Waals surface area contributed by atoms with Crippen molar-refractivity contribution in [1.29, 1.82) is 0 Å². The highest BCUT2D eigenvalue weighted by Gasteiger charge is 2.33. The van der Waals surface area contributed by atoms with E-state index < -0.39 is 17.2 Å². The van der Waals surface area contributed by atoms with Gasteiger partial charge in [-0.1, -0.05) is 18.5 Å². The minimum Gasteiger partial charge on any atom is -0.481 e. The molecule has 6 nitrogen and oxygen atoms in total. The van der Waals surface area contributed by atoms with Gasteiger partial charge in [-0.05, 0) is 42.0 Å². The lowest BCUT2D eigenvalue weighted by Crippen LogP contribution is -2.32. The Morgan fingerprint density at radius 3 is 2.81 bits per heavy atom. The smallest absolute Gasteiger partial charge is 0.311 e. The highest BCUT2D eigenvalue weighted by atomic mass is 35.5. The van der Waals surface area contributed by atoms with Crippen molar-refractivity contribution in [3.8, 4) is 11.4 Å². The van der Waals surface area contributed by atoms with E-state index >= 15 is 0 Å². The molecule has 21 heavy (non-hydrogen) atoms. The SMILES string of the molecule is CCC(C)(Cn1nnnc1-c1ccc(F)cc1Cl)C(=O)O. The number of hydrogen-bond donors (Lipinski definition) is 1. The third-order valence-electron chi connectivity index (χ3n) is 3.50. The molecule has 0 aliphatic carbocycles. The molecule has 8 heteroatoms. The van der Waals surface area contributed by atoms with E-state index in [0.717, 1.165) is 6.07 Å². The highest BCUT2D eigenvalue weighted by Crippen LogP contribution is 2.29. The van der Waals surface area contributed by atoms with Gasteiger partial charge in [-0.15, -0.1) is 5.10 Å². The predicted molar refractivity (Wildman–Crippen MR) is 74.3 cm³/mol. The molecule has 1 N–H and O–H groups in total. The highest BCUT2D eigenvalue weighted by molar-refractivity contribution is 6.33. The quantitative estimate of drug-likeness (QED) is 0.918. The van der Waals surface area contributed by atoms with Crippen LogP contribution in [0, 0.1) is 11.2 Å². The fourth-order valence-electron chi connectivity index (χ4n) is 1.84. The number of benzene rings is 1. The molecule has 0 amide bonds. The van der Waals surface area contributed by atoms with Gasteiger partial charge in [0, 0.05) is 5.56 Å². The zero-order chi connectivity index (χ0) is 15.6. The number of tetrazole rings is 1. The number of rotatable bonds is 5. The molecular formula is C13H14ClFN4O2. The van der Waals surface area contributed by atoms with Gasteiger partial charge in [0.15, 0.2) is 5.82 Å².